The number of hydrogen-bond acceptors (Lipinski definition) is 3. The number of likely N-dealkylation sites (N-methyl/N-ethyl adjacent to an activating group) is 1. The van der Waals surface area contributed by atoms with Crippen molar-refractivity contribution in [2.45, 2.75) is 45.1 Å². The van der Waals surface area contributed by atoms with Gasteiger partial charge in [-0.3, -0.25) is 4.79 Å². The molecule has 0 saturated heterocycles. The monoisotopic (exact) mass is 241 g/mol. The SMILES string of the molecule is CCCNC(=O)CC(CN)N(C)CC1CCC1. The molecule has 1 aliphatic carbocycles. The molecule has 1 rings (SSSR count). The summed E-state index contributed by atoms with van der Waals surface area (Å²) in [5.74, 6) is 0.954. The molecular formula is C13H27N3O. The number of carbonyl (C=O) groups is 1. The quantitative estimate of drug-likeness (QED) is 0.665. The van der Waals surface area contributed by atoms with Crippen LogP contribution in [-0.2, 0) is 4.79 Å². The van der Waals surface area contributed by atoms with Crippen LogP contribution in [-0.4, -0.2) is 43.5 Å². The standard InChI is InChI=1S/C13H27N3O/c1-3-7-15-13(17)8-12(9-14)16(2)10-11-5-4-6-11/h11-12H,3-10,14H2,1-2H3,(H,15,17). The van der Waals surface area contributed by atoms with Crippen LogP contribution in [0.4, 0.5) is 0 Å². The molecule has 0 aromatic carbocycles. The first kappa shape index (κ1) is 14.5. The van der Waals surface area contributed by atoms with Crippen molar-refractivity contribution in [3.8, 4) is 0 Å². The third kappa shape index (κ3) is 5.04. The van der Waals surface area contributed by atoms with Crippen LogP contribution < -0.4 is 11.1 Å². The lowest BCUT2D eigenvalue weighted by Crippen LogP contribution is -2.44. The van der Waals surface area contributed by atoms with E-state index >= 15 is 0 Å². The first-order valence-corrected chi connectivity index (χ1v) is 6.84. The van der Waals surface area contributed by atoms with Gasteiger partial charge in [0.05, 0.1) is 0 Å². The number of rotatable bonds is 8. The molecule has 0 heterocycles. The predicted molar refractivity (Wildman–Crippen MR) is 70.7 cm³/mol. The Labute approximate surface area is 105 Å². The highest BCUT2D eigenvalue weighted by Crippen LogP contribution is 2.27. The van der Waals surface area contributed by atoms with E-state index in [1.54, 1.807) is 0 Å². The summed E-state index contributed by atoms with van der Waals surface area (Å²) in [6, 6.07) is 0.187. The first-order chi connectivity index (χ1) is 8.17. The molecule has 0 aromatic rings. The summed E-state index contributed by atoms with van der Waals surface area (Å²) in [4.78, 5) is 13.9. The summed E-state index contributed by atoms with van der Waals surface area (Å²) >= 11 is 0. The third-order valence-corrected chi connectivity index (χ3v) is 3.66. The molecule has 4 nitrogen and oxygen atoms in total. The molecule has 0 aliphatic heterocycles. The number of nitrogens with zero attached hydrogens (tertiary/aromatic N) is 1. The van der Waals surface area contributed by atoms with Gasteiger partial charge in [0, 0.05) is 32.1 Å². The predicted octanol–water partition coefficient (Wildman–Crippen LogP) is 0.962. The van der Waals surface area contributed by atoms with Crippen molar-refractivity contribution >= 4 is 5.91 Å². The molecule has 1 amide bonds. The average molecular weight is 241 g/mol. The summed E-state index contributed by atoms with van der Waals surface area (Å²) in [5.41, 5.74) is 5.76. The van der Waals surface area contributed by atoms with Crippen molar-refractivity contribution in [1.29, 1.82) is 0 Å². The molecule has 1 fully saturated rings. The van der Waals surface area contributed by atoms with Crippen LogP contribution >= 0.6 is 0 Å². The molecule has 0 radical (unpaired) electrons. The van der Waals surface area contributed by atoms with Gasteiger partial charge in [0.25, 0.3) is 0 Å². The fourth-order valence-corrected chi connectivity index (χ4v) is 2.20. The lowest BCUT2D eigenvalue weighted by molar-refractivity contribution is -0.122. The molecule has 0 bridgehead atoms. The van der Waals surface area contributed by atoms with Gasteiger partial charge in [-0.1, -0.05) is 13.3 Å². The molecule has 1 atom stereocenters. The lowest BCUT2D eigenvalue weighted by Gasteiger charge is -2.34. The molecule has 1 unspecified atom stereocenters. The summed E-state index contributed by atoms with van der Waals surface area (Å²) in [6.45, 7) is 4.47. The van der Waals surface area contributed by atoms with E-state index in [0.717, 1.165) is 25.4 Å². The van der Waals surface area contributed by atoms with E-state index < -0.39 is 0 Å². The zero-order valence-electron chi connectivity index (χ0n) is 11.2. The third-order valence-electron chi connectivity index (χ3n) is 3.66. The minimum Gasteiger partial charge on any atom is -0.356 e. The molecule has 1 saturated carbocycles. The number of carbonyl (C=O) groups excluding carboxylic acids is 1. The lowest BCUT2D eigenvalue weighted by atomic mass is 9.85. The normalized spacial score (nSPS) is 17.9. The van der Waals surface area contributed by atoms with Gasteiger partial charge < -0.3 is 16.0 Å². The largest absolute Gasteiger partial charge is 0.356 e. The van der Waals surface area contributed by atoms with Crippen molar-refractivity contribution in [2.75, 3.05) is 26.7 Å². The number of nitrogens with two attached hydrogens (primary N) is 1. The molecule has 100 valence electrons. The number of amides is 1. The van der Waals surface area contributed by atoms with Gasteiger partial charge in [-0.15, -0.1) is 0 Å². The molecule has 4 heteroatoms. The van der Waals surface area contributed by atoms with Gasteiger partial charge >= 0.3 is 0 Å². The Morgan fingerprint density at radius 1 is 1.53 bits per heavy atom. The second kappa shape index (κ2) is 7.67. The van der Waals surface area contributed by atoms with Crippen molar-refractivity contribution in [2.24, 2.45) is 11.7 Å². The molecule has 3 N–H and O–H groups in total. The topological polar surface area (TPSA) is 58.4 Å². The van der Waals surface area contributed by atoms with Gasteiger partial charge in [-0.2, -0.15) is 0 Å². The van der Waals surface area contributed by atoms with E-state index in [4.69, 9.17) is 5.73 Å². The number of hydrogen-bond donors (Lipinski definition) is 2. The summed E-state index contributed by atoms with van der Waals surface area (Å²) in [6.07, 6.45) is 5.55. The van der Waals surface area contributed by atoms with Gasteiger partial charge in [-0.05, 0) is 32.2 Å². The van der Waals surface area contributed by atoms with Crippen molar-refractivity contribution in [3.05, 3.63) is 0 Å². The van der Waals surface area contributed by atoms with Crippen LogP contribution in [0.3, 0.4) is 0 Å². The smallest absolute Gasteiger partial charge is 0.221 e. The fourth-order valence-electron chi connectivity index (χ4n) is 2.20. The van der Waals surface area contributed by atoms with Crippen LogP contribution in [0, 0.1) is 5.92 Å². The maximum absolute atomic E-state index is 11.7. The molecule has 17 heavy (non-hydrogen) atoms. The van der Waals surface area contributed by atoms with Crippen LogP contribution in [0.15, 0.2) is 0 Å². The Morgan fingerprint density at radius 3 is 2.71 bits per heavy atom. The second-order valence-corrected chi connectivity index (χ2v) is 5.18. The maximum atomic E-state index is 11.7. The minimum absolute atomic E-state index is 0.128. The highest BCUT2D eigenvalue weighted by atomic mass is 16.1. The molecule has 0 spiro atoms. The van der Waals surface area contributed by atoms with Gasteiger partial charge in [0.15, 0.2) is 0 Å². The van der Waals surface area contributed by atoms with E-state index in [-0.39, 0.29) is 11.9 Å². The molecule has 1 aliphatic rings. The van der Waals surface area contributed by atoms with E-state index in [1.807, 2.05) is 0 Å². The van der Waals surface area contributed by atoms with Gasteiger partial charge in [0.1, 0.15) is 0 Å². The van der Waals surface area contributed by atoms with Crippen molar-refractivity contribution in [3.63, 3.8) is 0 Å². The highest BCUT2D eigenvalue weighted by Gasteiger charge is 2.23. The second-order valence-electron chi connectivity index (χ2n) is 5.18. The van der Waals surface area contributed by atoms with E-state index in [0.29, 0.717) is 13.0 Å². The minimum atomic E-state index is 0.128. The highest BCUT2D eigenvalue weighted by molar-refractivity contribution is 5.76. The van der Waals surface area contributed by atoms with Crippen LogP contribution in [0.5, 0.6) is 0 Å². The summed E-state index contributed by atoms with van der Waals surface area (Å²) in [5, 5.41) is 2.91. The van der Waals surface area contributed by atoms with E-state index in [9.17, 15) is 4.79 Å². The average Bonchev–Trinajstić information content (AvgIpc) is 2.27. The maximum Gasteiger partial charge on any atom is 0.221 e. The molecular weight excluding hydrogens is 214 g/mol. The van der Waals surface area contributed by atoms with Crippen molar-refractivity contribution in [1.82, 2.24) is 10.2 Å². The Bertz CT molecular complexity index is 229. The Morgan fingerprint density at radius 2 is 2.24 bits per heavy atom. The van der Waals surface area contributed by atoms with Crippen LogP contribution in [0.2, 0.25) is 0 Å². The van der Waals surface area contributed by atoms with E-state index in [1.165, 1.54) is 19.3 Å². The zero-order valence-corrected chi connectivity index (χ0v) is 11.2. The van der Waals surface area contributed by atoms with Crippen molar-refractivity contribution < 1.29 is 4.79 Å². The Balaban J connectivity index is 2.27. The van der Waals surface area contributed by atoms with Gasteiger partial charge in [-0.25, -0.2) is 0 Å². The Kier molecular flexibility index (Phi) is 6.52. The Hall–Kier alpha value is -0.610. The van der Waals surface area contributed by atoms with Crippen LogP contribution in [0.25, 0.3) is 0 Å². The summed E-state index contributed by atoms with van der Waals surface area (Å²) in [7, 11) is 2.09. The first-order valence-electron chi connectivity index (χ1n) is 6.84. The number of nitrogens with one attached hydrogen (secondary N) is 1. The van der Waals surface area contributed by atoms with Gasteiger partial charge in [0.2, 0.25) is 5.91 Å². The van der Waals surface area contributed by atoms with E-state index in [2.05, 4.69) is 24.2 Å². The molecule has 0 aromatic heterocycles. The fraction of sp³-hybridized carbons (Fsp3) is 0.923. The summed E-state index contributed by atoms with van der Waals surface area (Å²) < 4.78 is 0. The zero-order chi connectivity index (χ0) is 12.7. The van der Waals surface area contributed by atoms with Crippen LogP contribution in [0.1, 0.15) is 39.0 Å².